The van der Waals surface area contributed by atoms with Crippen LogP contribution in [0.15, 0.2) is 30.3 Å². The highest BCUT2D eigenvalue weighted by Crippen LogP contribution is 2.19. The highest BCUT2D eigenvalue weighted by atomic mass is 35.5. The maximum atomic E-state index is 11.5. The van der Waals surface area contributed by atoms with E-state index in [-0.39, 0.29) is 36.8 Å². The summed E-state index contributed by atoms with van der Waals surface area (Å²) >= 11 is 0. The molecule has 2 atom stereocenters. The largest absolute Gasteiger partial charge is 0.369 e. The number of rotatable bonds is 3. The zero-order chi connectivity index (χ0) is 12.3. The lowest BCUT2D eigenvalue weighted by atomic mass is 10.2. The van der Waals surface area contributed by atoms with E-state index < -0.39 is 6.04 Å². The summed E-state index contributed by atoms with van der Waals surface area (Å²) in [5.74, 6) is -0.0649. The predicted octanol–water partition coefficient (Wildman–Crippen LogP) is 1.57. The van der Waals surface area contributed by atoms with Crippen LogP contribution in [0.3, 0.4) is 0 Å². The van der Waals surface area contributed by atoms with Crippen LogP contribution in [0.4, 0.5) is 5.69 Å². The summed E-state index contributed by atoms with van der Waals surface area (Å²) in [6, 6.07) is 10.0. The van der Waals surface area contributed by atoms with Gasteiger partial charge in [0.25, 0.3) is 0 Å². The number of carbonyl (C=O) groups excluding carboxylic acids is 1. The third-order valence-electron chi connectivity index (χ3n) is 3.07. The fraction of sp³-hybridized carbons (Fsp3) is 0.462. The molecule has 1 fully saturated rings. The number of nitrogens with two attached hydrogens (primary N) is 1. The van der Waals surface area contributed by atoms with Crippen LogP contribution < -0.4 is 16.0 Å². The Bertz CT molecular complexity index is 387. The Hall–Kier alpha value is -0.970. The van der Waals surface area contributed by atoms with Gasteiger partial charge in [-0.1, -0.05) is 18.2 Å². The second kappa shape index (κ2) is 8.25. The fourth-order valence-electron chi connectivity index (χ4n) is 2.08. The number of carbonyl (C=O) groups is 1. The number of anilines is 1. The minimum absolute atomic E-state index is 0. The van der Waals surface area contributed by atoms with Crippen LogP contribution in [-0.4, -0.2) is 31.1 Å². The first kappa shape index (κ1) is 18.0. The molecule has 0 aliphatic carbocycles. The normalized spacial score (nSPS) is 19.1. The lowest BCUT2D eigenvalue weighted by Crippen LogP contribution is -2.44. The molecule has 0 spiro atoms. The molecule has 1 amide bonds. The Kier molecular flexibility index (Phi) is 7.83. The van der Waals surface area contributed by atoms with Crippen molar-refractivity contribution >= 4 is 36.4 Å². The highest BCUT2D eigenvalue weighted by Gasteiger charge is 2.24. The van der Waals surface area contributed by atoms with E-state index in [4.69, 9.17) is 5.73 Å². The highest BCUT2D eigenvalue weighted by molar-refractivity contribution is 5.85. The smallest absolute Gasteiger partial charge is 0.236 e. The average molecular weight is 306 g/mol. The summed E-state index contributed by atoms with van der Waals surface area (Å²) in [6.07, 6.45) is 0.980. The van der Waals surface area contributed by atoms with E-state index in [1.54, 1.807) is 6.92 Å². The van der Waals surface area contributed by atoms with Crippen molar-refractivity contribution in [3.05, 3.63) is 30.3 Å². The van der Waals surface area contributed by atoms with Gasteiger partial charge < -0.3 is 16.0 Å². The zero-order valence-electron chi connectivity index (χ0n) is 10.9. The molecular weight excluding hydrogens is 285 g/mol. The van der Waals surface area contributed by atoms with Crippen molar-refractivity contribution in [2.45, 2.75) is 25.4 Å². The number of halogens is 2. The van der Waals surface area contributed by atoms with Crippen molar-refractivity contribution < 1.29 is 4.79 Å². The molecule has 1 aliphatic rings. The summed E-state index contributed by atoms with van der Waals surface area (Å²) in [6.45, 7) is 3.55. The molecule has 0 bridgehead atoms. The second-order valence-corrected chi connectivity index (χ2v) is 4.56. The molecule has 1 aromatic carbocycles. The minimum atomic E-state index is -0.430. The number of benzene rings is 1. The molecule has 1 saturated heterocycles. The monoisotopic (exact) mass is 305 g/mol. The van der Waals surface area contributed by atoms with E-state index in [2.05, 4.69) is 22.3 Å². The number of nitrogens with one attached hydrogen (secondary N) is 1. The summed E-state index contributed by atoms with van der Waals surface area (Å²) in [4.78, 5) is 13.8. The third-order valence-corrected chi connectivity index (χ3v) is 3.07. The second-order valence-electron chi connectivity index (χ2n) is 4.56. The number of amides is 1. The first-order valence-corrected chi connectivity index (χ1v) is 6.03. The molecule has 108 valence electrons. The Morgan fingerprint density at radius 2 is 2.00 bits per heavy atom. The van der Waals surface area contributed by atoms with Crippen molar-refractivity contribution in [1.29, 1.82) is 0 Å². The van der Waals surface area contributed by atoms with Crippen LogP contribution in [-0.2, 0) is 4.79 Å². The Morgan fingerprint density at radius 1 is 1.37 bits per heavy atom. The van der Waals surface area contributed by atoms with Gasteiger partial charge in [-0.2, -0.15) is 0 Å². The Balaban J connectivity index is 0.00000162. The zero-order valence-corrected chi connectivity index (χ0v) is 12.5. The van der Waals surface area contributed by atoms with Crippen molar-refractivity contribution in [3.8, 4) is 0 Å². The van der Waals surface area contributed by atoms with Crippen molar-refractivity contribution in [2.24, 2.45) is 5.73 Å². The first-order chi connectivity index (χ1) is 8.16. The average Bonchev–Trinajstić information content (AvgIpc) is 2.78. The molecule has 1 heterocycles. The SMILES string of the molecule is C[C@@H](N)C(=O)NC1CCN(c2ccccc2)C1.Cl.Cl. The van der Waals surface area contributed by atoms with Gasteiger partial charge in [0.15, 0.2) is 0 Å². The van der Waals surface area contributed by atoms with E-state index in [1.807, 2.05) is 18.2 Å². The molecule has 0 radical (unpaired) electrons. The Morgan fingerprint density at radius 3 is 2.58 bits per heavy atom. The van der Waals surface area contributed by atoms with Crippen LogP contribution >= 0.6 is 24.8 Å². The van der Waals surface area contributed by atoms with Gasteiger partial charge >= 0.3 is 0 Å². The summed E-state index contributed by atoms with van der Waals surface area (Å²) in [7, 11) is 0. The van der Waals surface area contributed by atoms with Gasteiger partial charge in [-0.3, -0.25) is 4.79 Å². The molecule has 0 aromatic heterocycles. The molecule has 0 saturated carbocycles. The van der Waals surface area contributed by atoms with Gasteiger partial charge in [-0.05, 0) is 25.5 Å². The third kappa shape index (κ3) is 4.90. The van der Waals surface area contributed by atoms with Gasteiger partial charge in [0.05, 0.1) is 6.04 Å². The molecule has 6 heteroatoms. The maximum absolute atomic E-state index is 11.5. The summed E-state index contributed by atoms with van der Waals surface area (Å²) in [5, 5.41) is 2.97. The number of hydrogen-bond donors (Lipinski definition) is 2. The minimum Gasteiger partial charge on any atom is -0.369 e. The maximum Gasteiger partial charge on any atom is 0.236 e. The van der Waals surface area contributed by atoms with E-state index in [9.17, 15) is 4.79 Å². The van der Waals surface area contributed by atoms with Crippen LogP contribution in [0.2, 0.25) is 0 Å². The Labute approximate surface area is 126 Å². The van der Waals surface area contributed by atoms with Crippen LogP contribution in [0.25, 0.3) is 0 Å². The first-order valence-electron chi connectivity index (χ1n) is 6.03. The quantitative estimate of drug-likeness (QED) is 0.891. The molecule has 1 aliphatic heterocycles. The summed E-state index contributed by atoms with van der Waals surface area (Å²) in [5.41, 5.74) is 6.75. The lowest BCUT2D eigenvalue weighted by molar-refractivity contribution is -0.122. The van der Waals surface area contributed by atoms with Gasteiger partial charge in [0, 0.05) is 24.8 Å². The van der Waals surface area contributed by atoms with Crippen LogP contribution in [0.1, 0.15) is 13.3 Å². The van der Waals surface area contributed by atoms with E-state index in [0.717, 1.165) is 19.5 Å². The van der Waals surface area contributed by atoms with E-state index in [0.29, 0.717) is 0 Å². The van der Waals surface area contributed by atoms with Gasteiger partial charge in [0.1, 0.15) is 0 Å². The molecule has 19 heavy (non-hydrogen) atoms. The predicted molar refractivity (Wildman–Crippen MR) is 83.3 cm³/mol. The molecule has 1 unspecified atom stereocenters. The van der Waals surface area contributed by atoms with Crippen molar-refractivity contribution in [3.63, 3.8) is 0 Å². The standard InChI is InChI=1S/C13H19N3O.2ClH/c1-10(14)13(17)15-11-7-8-16(9-11)12-5-3-2-4-6-12;;/h2-6,10-11H,7-9,14H2,1H3,(H,15,17);2*1H/t10-,11?;;/m1../s1. The van der Waals surface area contributed by atoms with E-state index >= 15 is 0 Å². The van der Waals surface area contributed by atoms with Crippen LogP contribution in [0.5, 0.6) is 0 Å². The fourth-order valence-corrected chi connectivity index (χ4v) is 2.08. The molecule has 3 N–H and O–H groups in total. The van der Waals surface area contributed by atoms with Crippen molar-refractivity contribution in [2.75, 3.05) is 18.0 Å². The summed E-state index contributed by atoms with van der Waals surface area (Å²) < 4.78 is 0. The number of para-hydroxylation sites is 1. The number of hydrogen-bond acceptors (Lipinski definition) is 3. The number of nitrogens with zero attached hydrogens (tertiary/aromatic N) is 1. The van der Waals surface area contributed by atoms with Crippen LogP contribution in [0, 0.1) is 0 Å². The van der Waals surface area contributed by atoms with Gasteiger partial charge in [0.2, 0.25) is 5.91 Å². The molecule has 2 rings (SSSR count). The van der Waals surface area contributed by atoms with Gasteiger partial charge in [-0.15, -0.1) is 24.8 Å². The van der Waals surface area contributed by atoms with E-state index in [1.165, 1.54) is 5.69 Å². The molecular formula is C13H21Cl2N3O. The van der Waals surface area contributed by atoms with Crippen molar-refractivity contribution in [1.82, 2.24) is 5.32 Å². The topological polar surface area (TPSA) is 58.4 Å². The molecule has 1 aromatic rings. The molecule has 4 nitrogen and oxygen atoms in total. The van der Waals surface area contributed by atoms with Gasteiger partial charge in [-0.25, -0.2) is 0 Å². The lowest BCUT2D eigenvalue weighted by Gasteiger charge is -2.19.